The van der Waals surface area contributed by atoms with Gasteiger partial charge in [-0.1, -0.05) is 51.1 Å². The number of rotatable bonds is 15. The molecule has 378 valence electrons. The summed E-state index contributed by atoms with van der Waals surface area (Å²) in [6, 6.07) is 28.7. The molecule has 0 atom stereocenters. The van der Waals surface area contributed by atoms with Gasteiger partial charge in [-0.15, -0.1) is 0 Å². The average Bonchev–Trinajstić information content (AvgIpc) is 3.64. The molecule has 3 fully saturated rings. The van der Waals surface area contributed by atoms with Crippen LogP contribution in [0.2, 0.25) is 13.6 Å². The van der Waals surface area contributed by atoms with Crippen LogP contribution in [0.4, 0.5) is 51.6 Å². The molecule has 3 aromatic carbocycles. The summed E-state index contributed by atoms with van der Waals surface area (Å²) in [6.07, 6.45) is 11.0. The number of nitrogens with one attached hydrogen (secondary N) is 3. The fraction of sp³-hybridized carbons (Fsp3) is 0.357. The van der Waals surface area contributed by atoms with Gasteiger partial charge in [0.25, 0.3) is 0 Å². The molecule has 3 saturated carbocycles. The summed E-state index contributed by atoms with van der Waals surface area (Å²) in [5, 5.41) is 19.5. The van der Waals surface area contributed by atoms with Crippen molar-refractivity contribution in [2.45, 2.75) is 91.3 Å². The van der Waals surface area contributed by atoms with Gasteiger partial charge in [0.2, 0.25) is 34.7 Å². The van der Waals surface area contributed by atoms with Crippen LogP contribution in [0.3, 0.4) is 0 Å². The van der Waals surface area contributed by atoms with Gasteiger partial charge in [-0.3, -0.25) is 0 Å². The van der Waals surface area contributed by atoms with Crippen LogP contribution in [0.15, 0.2) is 91.0 Å². The number of benzene rings is 3. The molecule has 12 rings (SSSR count). The summed E-state index contributed by atoms with van der Waals surface area (Å²) in [5.74, 6) is 5.01. The van der Waals surface area contributed by atoms with Crippen molar-refractivity contribution in [1.82, 2.24) is 15.0 Å². The highest BCUT2D eigenvalue weighted by molar-refractivity contribution is 6.68. The molecule has 3 aliphatic heterocycles. The summed E-state index contributed by atoms with van der Waals surface area (Å²) in [7, 11) is -0.841. The second-order valence-corrected chi connectivity index (χ2v) is 19.9. The van der Waals surface area contributed by atoms with Gasteiger partial charge in [0.1, 0.15) is 17.5 Å². The summed E-state index contributed by atoms with van der Waals surface area (Å²) >= 11 is 0. The average molecular weight is 1000 g/mol. The van der Waals surface area contributed by atoms with Crippen LogP contribution in [-0.4, -0.2) is 60.7 Å². The Morgan fingerprint density at radius 1 is 0.493 bits per heavy atom. The van der Waals surface area contributed by atoms with Crippen LogP contribution in [0.1, 0.15) is 74.5 Å². The number of aromatic nitrogens is 3. The normalized spacial score (nSPS) is 16.1. The highest BCUT2D eigenvalue weighted by atomic mass is 16.5. The predicted molar refractivity (Wildman–Crippen MR) is 294 cm³/mol. The second-order valence-electron chi connectivity index (χ2n) is 19.9. The molecule has 3 aliphatic carbocycles. The van der Waals surface area contributed by atoms with Gasteiger partial charge in [-0.25, -0.2) is 29.5 Å². The molecule has 16 nitrogen and oxygen atoms in total. The third-order valence-electron chi connectivity index (χ3n) is 14.4. The monoisotopic (exact) mass is 1000 g/mol. The van der Waals surface area contributed by atoms with Crippen LogP contribution in [-0.2, 0) is 33.8 Å². The maximum atomic E-state index is 9.69. The Labute approximate surface area is 439 Å². The van der Waals surface area contributed by atoms with E-state index in [9.17, 15) is 5.02 Å². The van der Waals surface area contributed by atoms with E-state index in [0.29, 0.717) is 110 Å². The number of hydrogen-bond acceptors (Lipinski definition) is 13. The topological polar surface area (TPSA) is 163 Å². The Morgan fingerprint density at radius 2 is 0.853 bits per heavy atom. The van der Waals surface area contributed by atoms with Crippen molar-refractivity contribution in [3.8, 4) is 17.6 Å². The minimum Gasteiger partial charge on any atom is -0.486 e. The van der Waals surface area contributed by atoms with Gasteiger partial charge >= 0.3 is 20.9 Å². The third kappa shape index (κ3) is 12.9. The zero-order chi connectivity index (χ0) is 51.7. The second kappa shape index (κ2) is 23.7. The first kappa shape index (κ1) is 50.9. The quantitative estimate of drug-likeness (QED) is 0.0568. The third-order valence-corrected chi connectivity index (χ3v) is 14.4. The summed E-state index contributed by atoms with van der Waals surface area (Å²) in [4.78, 5) is 24.0. The van der Waals surface area contributed by atoms with E-state index in [4.69, 9.17) is 47.9 Å². The van der Waals surface area contributed by atoms with Gasteiger partial charge in [0, 0.05) is 17.1 Å². The van der Waals surface area contributed by atoms with Crippen molar-refractivity contribution in [2.75, 3.05) is 35.8 Å². The lowest BCUT2D eigenvalue weighted by Crippen LogP contribution is -2.27. The molecule has 3 aromatic heterocycles. The smallest absolute Gasteiger partial charge is 0.486 e. The number of nitrogens with zero attached hydrogens (tertiary/aromatic N) is 6. The van der Waals surface area contributed by atoms with Crippen molar-refractivity contribution < 1.29 is 33.2 Å². The summed E-state index contributed by atoms with van der Waals surface area (Å²) in [5.41, 5.74) is 10.8. The molecule has 0 saturated heterocycles. The van der Waals surface area contributed by atoms with Crippen LogP contribution >= 0.6 is 0 Å². The van der Waals surface area contributed by atoms with E-state index in [1.807, 2.05) is 42.5 Å². The van der Waals surface area contributed by atoms with E-state index in [2.05, 4.69) is 83.3 Å². The Morgan fingerprint density at radius 3 is 1.23 bits per heavy atom. The van der Waals surface area contributed by atoms with Gasteiger partial charge in [-0.05, 0) is 162 Å². The minimum atomic E-state index is -0.841. The standard InChI is InChI=1S/C20H22BN3O2.C18H18BN3O3.C18H18BN3O2/c1-21-17-8-7-16(11-15(17)13-26-21)23-19-10-9-18(22-2)20(24-19)25-12-14-5-3-4-6-14;1-20-16-7-8-17(22-18(16)24-10-12-3-2-4-12)21-14-5-6-15-13(9-14)11-25-19(15)23;1-19-15-6-5-14(9-13(15)11-24-19)21-17-8-7-16(20-2)18(22-17)23-10-12-3-4-12/h7-11,14H,3-6,12-13H2,1H3,(H,23,24);5-9,12,23H,2-4,10-11H2,(H,21,22);5-9,12H,3-4,10-11H2,1H3,(H,21,22). The van der Waals surface area contributed by atoms with E-state index < -0.39 is 7.12 Å². The van der Waals surface area contributed by atoms with E-state index in [1.54, 1.807) is 24.3 Å². The number of ether oxygens (including phenoxy) is 3. The molecular weight excluding hydrogens is 943 g/mol. The van der Waals surface area contributed by atoms with E-state index in [1.165, 1.54) is 79.8 Å². The van der Waals surface area contributed by atoms with Crippen molar-refractivity contribution in [3.05, 3.63) is 142 Å². The molecule has 0 amide bonds. The molecule has 19 heteroatoms. The van der Waals surface area contributed by atoms with Gasteiger partial charge in [-0.2, -0.15) is 0 Å². The Kier molecular flexibility index (Phi) is 16.1. The largest absolute Gasteiger partial charge is 0.491 e. The van der Waals surface area contributed by atoms with Crippen LogP contribution < -0.4 is 46.5 Å². The number of hydrogen-bond donors (Lipinski definition) is 4. The molecule has 0 spiro atoms. The van der Waals surface area contributed by atoms with Crippen molar-refractivity contribution in [1.29, 1.82) is 0 Å². The molecule has 6 aliphatic rings. The molecule has 75 heavy (non-hydrogen) atoms. The number of anilines is 6. The number of pyridine rings is 3. The highest BCUT2D eigenvalue weighted by Crippen LogP contribution is 2.36. The number of fused-ring (bicyclic) bond motifs is 3. The first-order valence-corrected chi connectivity index (χ1v) is 25.9. The molecule has 6 heterocycles. The Hall–Kier alpha value is -7.59. The van der Waals surface area contributed by atoms with Crippen LogP contribution in [0.25, 0.3) is 14.5 Å². The van der Waals surface area contributed by atoms with Gasteiger partial charge < -0.3 is 49.1 Å². The minimum absolute atomic E-state index is 0.158. The Bertz CT molecular complexity index is 3150. The fourth-order valence-corrected chi connectivity index (χ4v) is 9.56. The maximum Gasteiger partial charge on any atom is 0.491 e. The lowest BCUT2D eigenvalue weighted by atomic mass is 9.64. The molecule has 6 aromatic rings. The fourth-order valence-electron chi connectivity index (χ4n) is 9.56. The van der Waals surface area contributed by atoms with E-state index >= 15 is 0 Å². The Balaban J connectivity index is 0.000000128. The van der Waals surface area contributed by atoms with Crippen molar-refractivity contribution in [2.24, 2.45) is 17.8 Å². The summed E-state index contributed by atoms with van der Waals surface area (Å²) in [6.45, 7) is 29.9. The van der Waals surface area contributed by atoms with Crippen LogP contribution in [0, 0.1) is 37.5 Å². The first-order valence-electron chi connectivity index (χ1n) is 25.9. The van der Waals surface area contributed by atoms with Gasteiger partial charge in [0.15, 0.2) is 0 Å². The first-order chi connectivity index (χ1) is 36.7. The molecule has 0 unspecified atom stereocenters. The molecule has 0 bridgehead atoms. The van der Waals surface area contributed by atoms with Crippen molar-refractivity contribution in [3.63, 3.8) is 0 Å². The van der Waals surface area contributed by atoms with Crippen LogP contribution in [0.5, 0.6) is 17.6 Å². The lowest BCUT2D eigenvalue weighted by Gasteiger charge is -2.25. The SMILES string of the molecule is [C-]#[N+]c1ccc(Nc2ccc3c(c2)COB3C)nc1OCC1CC1.[C-]#[N+]c1ccc(Nc2ccc3c(c2)COB3C)nc1OCC1CCCC1.[C-]#[N+]c1ccc(Nc2ccc3c(c2)COB3O)nc1OCC1CCC1. The molecule has 0 radical (unpaired) electrons. The predicted octanol–water partition coefficient (Wildman–Crippen LogP) is 10.6. The van der Waals surface area contributed by atoms with E-state index in [0.717, 1.165) is 28.1 Å². The summed E-state index contributed by atoms with van der Waals surface area (Å²) < 4.78 is 33.9. The zero-order valence-electron chi connectivity index (χ0n) is 42.3. The van der Waals surface area contributed by atoms with Crippen molar-refractivity contribution >= 4 is 88.9 Å². The molecular formula is C56H58B3N9O7. The zero-order valence-corrected chi connectivity index (χ0v) is 42.3. The van der Waals surface area contributed by atoms with E-state index in [-0.39, 0.29) is 13.8 Å². The highest BCUT2D eigenvalue weighted by Gasteiger charge is 2.28. The lowest BCUT2D eigenvalue weighted by molar-refractivity contribution is 0.177. The molecule has 4 N–H and O–H groups in total. The maximum absolute atomic E-state index is 9.69. The van der Waals surface area contributed by atoms with Gasteiger partial charge in [0.05, 0.1) is 59.4 Å².